The SMILES string of the molecule is COc1cc(C2CC(=O)C3C(=Nc4ncnn4C3c3ccc([N+](=O)[O-])cc3)C2)cc(OC)c1OC. The normalized spacial score (nSPS) is 20.9. The van der Waals surface area contributed by atoms with Gasteiger partial charge < -0.3 is 14.2 Å². The van der Waals surface area contributed by atoms with Crippen LogP contribution in [0.5, 0.6) is 17.2 Å². The van der Waals surface area contributed by atoms with Gasteiger partial charge in [-0.1, -0.05) is 12.1 Å². The summed E-state index contributed by atoms with van der Waals surface area (Å²) in [6.07, 6.45) is 2.22. The van der Waals surface area contributed by atoms with Crippen molar-refractivity contribution in [1.82, 2.24) is 14.8 Å². The minimum atomic E-state index is -0.538. The number of carbonyl (C=O) groups is 1. The number of methoxy groups -OCH3 is 3. The molecule has 0 amide bonds. The lowest BCUT2D eigenvalue weighted by atomic mass is 9.71. The quantitative estimate of drug-likeness (QED) is 0.388. The number of hydrogen-bond donors (Lipinski definition) is 0. The molecule has 2 aliphatic rings. The Labute approximate surface area is 200 Å². The smallest absolute Gasteiger partial charge is 0.269 e. The Hall–Kier alpha value is -4.28. The first kappa shape index (κ1) is 22.5. The Morgan fingerprint density at radius 2 is 1.69 bits per heavy atom. The minimum absolute atomic E-state index is 0.0123. The fraction of sp³-hybridized carbons (Fsp3) is 0.333. The number of aromatic nitrogens is 3. The van der Waals surface area contributed by atoms with Crippen LogP contribution in [0.4, 0.5) is 11.6 Å². The van der Waals surface area contributed by atoms with Gasteiger partial charge in [0.15, 0.2) is 11.5 Å². The lowest BCUT2D eigenvalue weighted by Gasteiger charge is -2.37. The van der Waals surface area contributed by atoms with Crippen molar-refractivity contribution >= 4 is 23.1 Å². The zero-order valence-electron chi connectivity index (χ0n) is 19.4. The third-order valence-corrected chi connectivity index (χ3v) is 6.59. The van der Waals surface area contributed by atoms with Crippen molar-refractivity contribution in [2.75, 3.05) is 21.3 Å². The first-order valence-corrected chi connectivity index (χ1v) is 11.0. The van der Waals surface area contributed by atoms with Gasteiger partial charge in [-0.15, -0.1) is 0 Å². The summed E-state index contributed by atoms with van der Waals surface area (Å²) in [4.78, 5) is 33.2. The van der Waals surface area contributed by atoms with Crippen LogP contribution in [0.25, 0.3) is 0 Å². The number of rotatable bonds is 6. The van der Waals surface area contributed by atoms with Crippen LogP contribution in [0.2, 0.25) is 0 Å². The molecule has 0 radical (unpaired) electrons. The molecule has 0 saturated heterocycles. The minimum Gasteiger partial charge on any atom is -0.493 e. The third-order valence-electron chi connectivity index (χ3n) is 6.59. The number of nitro benzene ring substituents is 1. The summed E-state index contributed by atoms with van der Waals surface area (Å²) in [5.74, 6) is 1.26. The molecule has 5 rings (SSSR count). The largest absolute Gasteiger partial charge is 0.493 e. The second kappa shape index (κ2) is 8.82. The van der Waals surface area contributed by atoms with Crippen LogP contribution in [0.1, 0.15) is 35.9 Å². The summed E-state index contributed by atoms with van der Waals surface area (Å²) in [7, 11) is 4.64. The molecule has 2 aromatic carbocycles. The van der Waals surface area contributed by atoms with Crippen molar-refractivity contribution in [3.63, 3.8) is 0 Å². The Balaban J connectivity index is 1.53. The molecule has 1 aliphatic carbocycles. The number of ether oxygens (including phenoxy) is 3. The van der Waals surface area contributed by atoms with Gasteiger partial charge in [0.25, 0.3) is 5.69 Å². The molecule has 3 unspecified atom stereocenters. The van der Waals surface area contributed by atoms with E-state index in [9.17, 15) is 14.9 Å². The average molecular weight is 477 g/mol. The lowest BCUT2D eigenvalue weighted by Crippen LogP contribution is -2.41. The number of benzene rings is 2. The number of ketones is 1. The van der Waals surface area contributed by atoms with E-state index in [1.165, 1.54) is 18.5 Å². The van der Waals surface area contributed by atoms with E-state index in [0.717, 1.165) is 11.1 Å². The van der Waals surface area contributed by atoms with Crippen LogP contribution in [-0.4, -0.2) is 52.5 Å². The molecule has 1 saturated carbocycles. The van der Waals surface area contributed by atoms with Gasteiger partial charge in [-0.2, -0.15) is 10.1 Å². The van der Waals surface area contributed by atoms with Crippen molar-refractivity contribution in [2.24, 2.45) is 10.9 Å². The number of nitro groups is 1. The molecule has 35 heavy (non-hydrogen) atoms. The molecule has 11 nitrogen and oxygen atoms in total. The molecule has 2 heterocycles. The molecule has 180 valence electrons. The van der Waals surface area contributed by atoms with Gasteiger partial charge in [-0.05, 0) is 35.6 Å². The zero-order valence-corrected chi connectivity index (χ0v) is 19.4. The van der Waals surface area contributed by atoms with Crippen LogP contribution >= 0.6 is 0 Å². The third kappa shape index (κ3) is 3.78. The predicted octanol–water partition coefficient (Wildman–Crippen LogP) is 3.65. The summed E-state index contributed by atoms with van der Waals surface area (Å²) in [6, 6.07) is 9.44. The molecule has 0 bridgehead atoms. The van der Waals surface area contributed by atoms with E-state index < -0.39 is 16.9 Å². The van der Waals surface area contributed by atoms with E-state index in [1.54, 1.807) is 38.1 Å². The fourth-order valence-corrected chi connectivity index (χ4v) is 4.97. The number of non-ortho nitro benzene ring substituents is 1. The number of fused-ring (bicyclic) bond motifs is 2. The first-order valence-electron chi connectivity index (χ1n) is 11.0. The molecule has 3 aromatic rings. The molecule has 11 heteroatoms. The maximum atomic E-state index is 13.6. The number of Topliss-reactive ketones (excluding diaryl/α,β-unsaturated/α-hetero) is 1. The molecule has 1 aromatic heterocycles. The Kier molecular flexibility index (Phi) is 5.67. The second-order valence-corrected chi connectivity index (χ2v) is 8.41. The average Bonchev–Trinajstić information content (AvgIpc) is 3.34. The van der Waals surface area contributed by atoms with Crippen molar-refractivity contribution in [3.05, 3.63) is 64.0 Å². The van der Waals surface area contributed by atoms with Gasteiger partial charge in [-0.3, -0.25) is 14.9 Å². The highest BCUT2D eigenvalue weighted by molar-refractivity contribution is 6.10. The van der Waals surface area contributed by atoms with Gasteiger partial charge in [0.2, 0.25) is 11.7 Å². The topological polar surface area (TPSA) is 131 Å². The molecule has 3 atom stereocenters. The maximum absolute atomic E-state index is 13.6. The van der Waals surface area contributed by atoms with E-state index in [4.69, 9.17) is 14.2 Å². The molecule has 0 N–H and O–H groups in total. The summed E-state index contributed by atoms with van der Waals surface area (Å²) >= 11 is 0. The van der Waals surface area contributed by atoms with Gasteiger partial charge >= 0.3 is 0 Å². The molecule has 1 aliphatic heterocycles. The second-order valence-electron chi connectivity index (χ2n) is 8.41. The Morgan fingerprint density at radius 3 is 2.29 bits per heavy atom. The molecule has 1 fully saturated rings. The monoisotopic (exact) mass is 477 g/mol. The predicted molar refractivity (Wildman–Crippen MR) is 125 cm³/mol. The van der Waals surface area contributed by atoms with Crippen molar-refractivity contribution in [1.29, 1.82) is 0 Å². The van der Waals surface area contributed by atoms with Crippen molar-refractivity contribution in [3.8, 4) is 17.2 Å². The van der Waals surface area contributed by atoms with Crippen LogP contribution in [0, 0.1) is 16.0 Å². The lowest BCUT2D eigenvalue weighted by molar-refractivity contribution is -0.384. The molecule has 0 spiro atoms. The fourth-order valence-electron chi connectivity index (χ4n) is 4.97. The van der Waals surface area contributed by atoms with Crippen LogP contribution in [-0.2, 0) is 4.79 Å². The maximum Gasteiger partial charge on any atom is 0.269 e. The van der Waals surface area contributed by atoms with Gasteiger partial charge in [-0.25, -0.2) is 9.67 Å². The van der Waals surface area contributed by atoms with Crippen LogP contribution in [0.15, 0.2) is 47.7 Å². The highest BCUT2D eigenvalue weighted by Crippen LogP contribution is 2.46. The standard InChI is InChI=1S/C24H23N5O6/c1-33-19-10-15(11-20(34-2)23(19)35-3)14-8-17-21(18(30)9-14)22(28-24(27-17)25-12-26-28)13-4-6-16(7-5-13)29(31)32/h4-7,10-12,14,21-22H,8-9H2,1-3H3. The van der Waals surface area contributed by atoms with Gasteiger partial charge in [0, 0.05) is 24.3 Å². The first-order chi connectivity index (χ1) is 16.9. The highest BCUT2D eigenvalue weighted by atomic mass is 16.6. The Morgan fingerprint density at radius 1 is 1.00 bits per heavy atom. The number of aliphatic imine (C=N–C) groups is 1. The van der Waals surface area contributed by atoms with Crippen molar-refractivity contribution in [2.45, 2.75) is 24.8 Å². The number of carbonyl (C=O) groups excluding carboxylic acids is 1. The Bertz CT molecular complexity index is 1310. The van der Waals surface area contributed by atoms with Gasteiger partial charge in [0.1, 0.15) is 12.1 Å². The van der Waals surface area contributed by atoms with Crippen LogP contribution < -0.4 is 14.2 Å². The summed E-state index contributed by atoms with van der Waals surface area (Å²) in [5.41, 5.74) is 2.31. The molecular formula is C24H23N5O6. The van der Waals surface area contributed by atoms with E-state index in [-0.39, 0.29) is 23.8 Å². The van der Waals surface area contributed by atoms with E-state index in [1.807, 2.05) is 12.1 Å². The summed E-state index contributed by atoms with van der Waals surface area (Å²) in [6.45, 7) is 0. The van der Waals surface area contributed by atoms with E-state index in [0.29, 0.717) is 35.3 Å². The van der Waals surface area contributed by atoms with E-state index >= 15 is 0 Å². The highest BCUT2D eigenvalue weighted by Gasteiger charge is 2.44. The number of nitrogens with zero attached hydrogens (tertiary/aromatic N) is 5. The zero-order chi connectivity index (χ0) is 24.7. The van der Waals surface area contributed by atoms with E-state index in [2.05, 4.69) is 15.1 Å². The van der Waals surface area contributed by atoms with Gasteiger partial charge in [0.05, 0.1) is 38.2 Å². The van der Waals surface area contributed by atoms with Crippen LogP contribution in [0.3, 0.4) is 0 Å². The summed E-state index contributed by atoms with van der Waals surface area (Å²) in [5, 5.41) is 15.4. The summed E-state index contributed by atoms with van der Waals surface area (Å²) < 4.78 is 18.0. The molecular weight excluding hydrogens is 454 g/mol. The van der Waals surface area contributed by atoms with Crippen molar-refractivity contribution < 1.29 is 23.9 Å². The number of hydrogen-bond acceptors (Lipinski definition) is 9.